The first-order valence-electron chi connectivity index (χ1n) is 6.38. The van der Waals surface area contributed by atoms with Gasteiger partial charge in [-0.1, -0.05) is 28.1 Å². The number of imidazole rings is 1. The Morgan fingerprint density at radius 1 is 1.47 bits per heavy atom. The van der Waals surface area contributed by atoms with Gasteiger partial charge in [0.1, 0.15) is 5.82 Å². The molecule has 0 amide bonds. The van der Waals surface area contributed by atoms with Crippen molar-refractivity contribution in [1.82, 2.24) is 15.0 Å². The van der Waals surface area contributed by atoms with Gasteiger partial charge in [0.15, 0.2) is 0 Å². The summed E-state index contributed by atoms with van der Waals surface area (Å²) in [6, 6.07) is 6.34. The van der Waals surface area contributed by atoms with Crippen LogP contribution in [0.2, 0.25) is 0 Å². The van der Waals surface area contributed by atoms with Crippen LogP contribution in [-0.4, -0.2) is 9.55 Å². The number of nitrogens with two attached hydrogens (primary N) is 1. The third-order valence-electron chi connectivity index (χ3n) is 3.26. The van der Waals surface area contributed by atoms with Gasteiger partial charge >= 0.3 is 0 Å². The molecule has 102 valence electrons. The standard InChI is InChI=1S/C14H19BrN4/c1-3-19-7-6-17-14(19)9-13(18-16)11-5-4-10(2)8-12(11)15/h4-8,13,18H,3,9,16H2,1-2H3. The fourth-order valence-electron chi connectivity index (χ4n) is 2.17. The first-order valence-corrected chi connectivity index (χ1v) is 7.17. The van der Waals surface area contributed by atoms with E-state index >= 15 is 0 Å². The van der Waals surface area contributed by atoms with E-state index in [4.69, 9.17) is 5.84 Å². The fraction of sp³-hybridized carbons (Fsp3) is 0.357. The minimum absolute atomic E-state index is 0.0441. The van der Waals surface area contributed by atoms with Crippen LogP contribution in [-0.2, 0) is 13.0 Å². The number of halogens is 1. The van der Waals surface area contributed by atoms with Gasteiger partial charge in [-0.2, -0.15) is 0 Å². The van der Waals surface area contributed by atoms with Gasteiger partial charge in [0.05, 0.1) is 6.04 Å². The molecule has 0 aliphatic heterocycles. The van der Waals surface area contributed by atoms with E-state index in [-0.39, 0.29) is 6.04 Å². The molecule has 5 heteroatoms. The lowest BCUT2D eigenvalue weighted by Gasteiger charge is -2.18. The molecule has 3 N–H and O–H groups in total. The molecule has 0 aliphatic rings. The molecule has 1 aromatic carbocycles. The second kappa shape index (κ2) is 6.32. The second-order valence-electron chi connectivity index (χ2n) is 4.58. The van der Waals surface area contributed by atoms with E-state index in [0.717, 1.165) is 28.8 Å². The maximum Gasteiger partial charge on any atom is 0.110 e. The molecular formula is C14H19BrN4. The number of nitrogens with zero attached hydrogens (tertiary/aromatic N) is 2. The van der Waals surface area contributed by atoms with Gasteiger partial charge in [0.25, 0.3) is 0 Å². The average Bonchev–Trinajstić information content (AvgIpc) is 2.84. The van der Waals surface area contributed by atoms with Crippen LogP contribution in [0.1, 0.15) is 29.9 Å². The predicted octanol–water partition coefficient (Wildman–Crippen LogP) is 2.72. The number of hydrogen-bond donors (Lipinski definition) is 2. The highest BCUT2D eigenvalue weighted by atomic mass is 79.9. The van der Waals surface area contributed by atoms with Crippen molar-refractivity contribution in [1.29, 1.82) is 0 Å². The summed E-state index contributed by atoms with van der Waals surface area (Å²) in [7, 11) is 0. The Morgan fingerprint density at radius 2 is 2.26 bits per heavy atom. The van der Waals surface area contributed by atoms with Gasteiger partial charge in [-0.05, 0) is 31.0 Å². The van der Waals surface area contributed by atoms with Gasteiger partial charge in [-0.15, -0.1) is 0 Å². The van der Waals surface area contributed by atoms with E-state index in [1.807, 2.05) is 12.4 Å². The van der Waals surface area contributed by atoms with E-state index in [1.54, 1.807) is 0 Å². The summed E-state index contributed by atoms with van der Waals surface area (Å²) in [5, 5.41) is 0. The van der Waals surface area contributed by atoms with Crippen LogP contribution in [0, 0.1) is 6.92 Å². The molecule has 0 bridgehead atoms. The maximum atomic E-state index is 5.71. The van der Waals surface area contributed by atoms with Gasteiger partial charge in [-0.3, -0.25) is 11.3 Å². The van der Waals surface area contributed by atoms with Crippen molar-refractivity contribution in [3.8, 4) is 0 Å². The van der Waals surface area contributed by atoms with Crippen molar-refractivity contribution in [2.45, 2.75) is 32.9 Å². The van der Waals surface area contributed by atoms with Crippen LogP contribution in [0.4, 0.5) is 0 Å². The Kier molecular flexibility index (Phi) is 4.74. The smallest absolute Gasteiger partial charge is 0.110 e. The Balaban J connectivity index is 2.25. The molecular weight excluding hydrogens is 304 g/mol. The van der Waals surface area contributed by atoms with E-state index in [0.29, 0.717) is 0 Å². The number of hydrazine groups is 1. The molecule has 0 saturated carbocycles. The Hall–Kier alpha value is -1.17. The SMILES string of the molecule is CCn1ccnc1CC(NN)c1ccc(C)cc1Br. The topological polar surface area (TPSA) is 55.9 Å². The first kappa shape index (κ1) is 14.2. The summed E-state index contributed by atoms with van der Waals surface area (Å²) >= 11 is 3.61. The second-order valence-corrected chi connectivity index (χ2v) is 5.43. The molecule has 0 saturated heterocycles. The average molecular weight is 323 g/mol. The Bertz CT molecular complexity index is 550. The van der Waals surface area contributed by atoms with Crippen LogP contribution in [0.3, 0.4) is 0 Å². The van der Waals surface area contributed by atoms with Gasteiger partial charge in [-0.25, -0.2) is 4.98 Å². The Morgan fingerprint density at radius 3 is 2.89 bits per heavy atom. The minimum Gasteiger partial charge on any atom is -0.335 e. The number of aromatic nitrogens is 2. The third-order valence-corrected chi connectivity index (χ3v) is 3.95. The molecule has 1 unspecified atom stereocenters. The van der Waals surface area contributed by atoms with E-state index in [1.165, 1.54) is 5.56 Å². The number of hydrogen-bond acceptors (Lipinski definition) is 3. The molecule has 0 radical (unpaired) electrons. The van der Waals surface area contributed by atoms with Crippen LogP contribution in [0.15, 0.2) is 35.1 Å². The molecule has 1 heterocycles. The molecule has 4 nitrogen and oxygen atoms in total. The number of aryl methyl sites for hydroxylation is 2. The highest BCUT2D eigenvalue weighted by molar-refractivity contribution is 9.10. The number of nitrogens with one attached hydrogen (secondary N) is 1. The summed E-state index contributed by atoms with van der Waals surface area (Å²) in [5.74, 6) is 6.75. The lowest BCUT2D eigenvalue weighted by molar-refractivity contribution is 0.521. The minimum atomic E-state index is 0.0441. The van der Waals surface area contributed by atoms with Crippen molar-refractivity contribution in [3.05, 3.63) is 52.0 Å². The summed E-state index contributed by atoms with van der Waals surface area (Å²) in [4.78, 5) is 4.40. The molecule has 1 atom stereocenters. The molecule has 0 fully saturated rings. The zero-order chi connectivity index (χ0) is 13.8. The summed E-state index contributed by atoms with van der Waals surface area (Å²) < 4.78 is 3.21. The molecule has 0 aliphatic carbocycles. The van der Waals surface area contributed by atoms with Gasteiger partial charge in [0, 0.05) is 29.8 Å². The summed E-state index contributed by atoms with van der Waals surface area (Å²) in [6.45, 7) is 5.10. The Labute approximate surface area is 122 Å². The van der Waals surface area contributed by atoms with E-state index in [2.05, 4.69) is 63.0 Å². The number of benzene rings is 1. The van der Waals surface area contributed by atoms with Gasteiger partial charge in [0.2, 0.25) is 0 Å². The number of rotatable bonds is 5. The lowest BCUT2D eigenvalue weighted by Crippen LogP contribution is -2.30. The maximum absolute atomic E-state index is 5.71. The van der Waals surface area contributed by atoms with Crippen LogP contribution < -0.4 is 11.3 Å². The van der Waals surface area contributed by atoms with Crippen molar-refractivity contribution in [3.63, 3.8) is 0 Å². The molecule has 2 aromatic rings. The van der Waals surface area contributed by atoms with Crippen molar-refractivity contribution >= 4 is 15.9 Å². The quantitative estimate of drug-likeness (QED) is 0.657. The molecule has 19 heavy (non-hydrogen) atoms. The van der Waals surface area contributed by atoms with E-state index < -0.39 is 0 Å². The lowest BCUT2D eigenvalue weighted by atomic mass is 10.0. The van der Waals surface area contributed by atoms with Crippen molar-refractivity contribution in [2.75, 3.05) is 0 Å². The highest BCUT2D eigenvalue weighted by Crippen LogP contribution is 2.26. The van der Waals surface area contributed by atoms with Crippen molar-refractivity contribution < 1.29 is 0 Å². The third kappa shape index (κ3) is 3.23. The summed E-state index contributed by atoms with van der Waals surface area (Å²) in [5.41, 5.74) is 5.26. The van der Waals surface area contributed by atoms with Gasteiger partial charge < -0.3 is 4.57 Å². The van der Waals surface area contributed by atoms with Crippen molar-refractivity contribution in [2.24, 2.45) is 5.84 Å². The largest absolute Gasteiger partial charge is 0.335 e. The first-order chi connectivity index (χ1) is 9.15. The normalized spacial score (nSPS) is 12.6. The highest BCUT2D eigenvalue weighted by Gasteiger charge is 2.16. The van der Waals surface area contributed by atoms with Crippen LogP contribution in [0.25, 0.3) is 0 Å². The van der Waals surface area contributed by atoms with Crippen LogP contribution >= 0.6 is 15.9 Å². The summed E-state index contributed by atoms with van der Waals surface area (Å²) in [6.07, 6.45) is 4.59. The molecule has 1 aromatic heterocycles. The predicted molar refractivity (Wildman–Crippen MR) is 80.5 cm³/mol. The monoisotopic (exact) mass is 322 g/mol. The fourth-order valence-corrected chi connectivity index (χ4v) is 2.94. The zero-order valence-corrected chi connectivity index (χ0v) is 12.8. The zero-order valence-electron chi connectivity index (χ0n) is 11.2. The van der Waals surface area contributed by atoms with E-state index in [9.17, 15) is 0 Å². The van der Waals surface area contributed by atoms with Crippen LogP contribution in [0.5, 0.6) is 0 Å². The molecule has 2 rings (SSSR count). The molecule has 0 spiro atoms.